The predicted molar refractivity (Wildman–Crippen MR) is 124 cm³/mol. The van der Waals surface area contributed by atoms with E-state index in [1.165, 1.54) is 31.3 Å². The third kappa shape index (κ3) is 5.74. The van der Waals surface area contributed by atoms with Gasteiger partial charge in [0, 0.05) is 20.0 Å². The van der Waals surface area contributed by atoms with E-state index in [-0.39, 0.29) is 19.0 Å². The van der Waals surface area contributed by atoms with Gasteiger partial charge < -0.3 is 15.2 Å². The standard InChI is InChI=1S/C25H23F3N4O5/c1-31-21(18-11-25(27,28)14-32(18)24(36)37-13-16-5-3-2-4-6-16)30-19(20(33)23(31)35)22(34)29-12-15-7-9-17(26)10-8-15/h2-10,18,33H,11-14H2,1H3,(H,29,34). The lowest BCUT2D eigenvalue weighted by molar-refractivity contribution is 0.0101. The molecule has 37 heavy (non-hydrogen) atoms. The van der Waals surface area contributed by atoms with Gasteiger partial charge in [0.25, 0.3) is 17.4 Å². The van der Waals surface area contributed by atoms with Crippen molar-refractivity contribution < 1.29 is 32.6 Å². The Hall–Kier alpha value is -4.35. The molecule has 0 aliphatic carbocycles. The van der Waals surface area contributed by atoms with E-state index in [9.17, 15) is 32.7 Å². The summed E-state index contributed by atoms with van der Waals surface area (Å²) in [5.74, 6) is -6.03. The number of likely N-dealkylation sites (tertiary alicyclic amines) is 1. The van der Waals surface area contributed by atoms with Crippen LogP contribution in [0.25, 0.3) is 0 Å². The highest BCUT2D eigenvalue weighted by molar-refractivity contribution is 5.94. The molecule has 9 nitrogen and oxygen atoms in total. The maximum atomic E-state index is 14.4. The zero-order valence-electron chi connectivity index (χ0n) is 19.7. The first-order chi connectivity index (χ1) is 17.6. The lowest BCUT2D eigenvalue weighted by Crippen LogP contribution is -2.37. The predicted octanol–water partition coefficient (Wildman–Crippen LogP) is 3.27. The van der Waals surface area contributed by atoms with Crippen molar-refractivity contribution in [1.29, 1.82) is 0 Å². The number of halogens is 3. The van der Waals surface area contributed by atoms with Crippen molar-refractivity contribution >= 4 is 12.0 Å². The Kier molecular flexibility index (Phi) is 7.18. The fourth-order valence-corrected chi connectivity index (χ4v) is 3.97. The monoisotopic (exact) mass is 516 g/mol. The Morgan fingerprint density at radius 1 is 1.14 bits per heavy atom. The molecule has 2 heterocycles. The molecule has 1 atom stereocenters. The second kappa shape index (κ2) is 10.3. The van der Waals surface area contributed by atoms with E-state index in [1.807, 2.05) is 0 Å². The van der Waals surface area contributed by atoms with E-state index in [0.717, 1.165) is 9.47 Å². The highest BCUT2D eigenvalue weighted by Gasteiger charge is 2.50. The third-order valence-corrected chi connectivity index (χ3v) is 5.89. The minimum Gasteiger partial charge on any atom is -0.501 e. The molecule has 0 saturated carbocycles. The molecule has 2 aromatic carbocycles. The van der Waals surface area contributed by atoms with E-state index in [2.05, 4.69) is 10.3 Å². The van der Waals surface area contributed by atoms with Crippen molar-refractivity contribution in [3.63, 3.8) is 0 Å². The number of amides is 2. The number of carbonyl (C=O) groups excluding carboxylic acids is 2. The summed E-state index contributed by atoms with van der Waals surface area (Å²) in [4.78, 5) is 42.9. The lowest BCUT2D eigenvalue weighted by Gasteiger charge is -2.24. The number of ether oxygens (including phenoxy) is 1. The van der Waals surface area contributed by atoms with Crippen LogP contribution in [0.15, 0.2) is 59.4 Å². The molecular weight excluding hydrogens is 493 g/mol. The Labute approximate surface area is 209 Å². The highest BCUT2D eigenvalue weighted by atomic mass is 19.3. The van der Waals surface area contributed by atoms with Gasteiger partial charge >= 0.3 is 6.09 Å². The second-order valence-corrected chi connectivity index (χ2v) is 8.58. The molecule has 0 bridgehead atoms. The molecule has 1 aliphatic rings. The molecule has 2 N–H and O–H groups in total. The van der Waals surface area contributed by atoms with Crippen molar-refractivity contribution in [3.05, 3.63) is 93.4 Å². The SMILES string of the molecule is Cn1c(C2CC(F)(F)CN2C(=O)OCc2ccccc2)nc(C(=O)NCc2ccc(F)cc2)c(O)c1=O. The summed E-state index contributed by atoms with van der Waals surface area (Å²) in [6.45, 7) is -1.22. The summed E-state index contributed by atoms with van der Waals surface area (Å²) >= 11 is 0. The highest BCUT2D eigenvalue weighted by Crippen LogP contribution is 2.40. The van der Waals surface area contributed by atoms with Crippen molar-refractivity contribution in [1.82, 2.24) is 19.8 Å². The van der Waals surface area contributed by atoms with E-state index >= 15 is 0 Å². The number of hydrogen-bond donors (Lipinski definition) is 2. The maximum Gasteiger partial charge on any atom is 0.410 e. The Bertz CT molecular complexity index is 1360. The molecule has 1 aromatic heterocycles. The van der Waals surface area contributed by atoms with Gasteiger partial charge in [-0.25, -0.2) is 22.9 Å². The molecule has 2 amide bonds. The minimum atomic E-state index is -3.31. The topological polar surface area (TPSA) is 114 Å². The third-order valence-electron chi connectivity index (χ3n) is 5.89. The van der Waals surface area contributed by atoms with Gasteiger partial charge in [-0.3, -0.25) is 19.1 Å². The van der Waals surface area contributed by atoms with Gasteiger partial charge in [-0.05, 0) is 23.3 Å². The zero-order valence-corrected chi connectivity index (χ0v) is 19.7. The summed E-state index contributed by atoms with van der Waals surface area (Å²) in [5, 5.41) is 12.7. The second-order valence-electron chi connectivity index (χ2n) is 8.58. The lowest BCUT2D eigenvalue weighted by atomic mass is 10.1. The van der Waals surface area contributed by atoms with Crippen molar-refractivity contribution in [2.45, 2.75) is 31.5 Å². The molecule has 1 aliphatic heterocycles. The largest absolute Gasteiger partial charge is 0.501 e. The van der Waals surface area contributed by atoms with Gasteiger partial charge in [-0.2, -0.15) is 0 Å². The van der Waals surface area contributed by atoms with Crippen LogP contribution >= 0.6 is 0 Å². The summed E-state index contributed by atoms with van der Waals surface area (Å²) in [7, 11) is 1.19. The molecular formula is C25H23F3N4O5. The summed E-state index contributed by atoms with van der Waals surface area (Å²) in [6, 6.07) is 12.5. The molecule has 0 spiro atoms. The van der Waals surface area contributed by atoms with E-state index in [1.54, 1.807) is 30.3 Å². The normalized spacial score (nSPS) is 16.4. The first-order valence-electron chi connectivity index (χ1n) is 11.2. The Morgan fingerprint density at radius 3 is 2.49 bits per heavy atom. The van der Waals surface area contributed by atoms with Crippen LogP contribution in [0.3, 0.4) is 0 Å². The number of aromatic nitrogens is 2. The van der Waals surface area contributed by atoms with Gasteiger partial charge in [0.2, 0.25) is 5.75 Å². The fourth-order valence-electron chi connectivity index (χ4n) is 3.97. The number of alkyl halides is 2. The van der Waals surface area contributed by atoms with E-state index < -0.39 is 59.8 Å². The van der Waals surface area contributed by atoms with Crippen LogP contribution in [0.1, 0.15) is 39.9 Å². The molecule has 4 rings (SSSR count). The van der Waals surface area contributed by atoms with Gasteiger partial charge in [-0.15, -0.1) is 0 Å². The minimum absolute atomic E-state index is 0.0792. The number of nitrogens with zero attached hydrogens (tertiary/aromatic N) is 3. The molecule has 1 fully saturated rings. The van der Waals surface area contributed by atoms with Gasteiger partial charge in [-0.1, -0.05) is 42.5 Å². The first-order valence-corrected chi connectivity index (χ1v) is 11.2. The number of rotatable bonds is 6. The maximum absolute atomic E-state index is 14.4. The average molecular weight is 516 g/mol. The van der Waals surface area contributed by atoms with E-state index in [4.69, 9.17) is 4.74 Å². The average Bonchev–Trinajstić information content (AvgIpc) is 3.21. The van der Waals surface area contributed by atoms with Gasteiger partial charge in [0.05, 0.1) is 12.6 Å². The van der Waals surface area contributed by atoms with Crippen molar-refractivity contribution in [3.8, 4) is 5.75 Å². The first kappa shape index (κ1) is 25.7. The number of nitrogens with one attached hydrogen (secondary N) is 1. The van der Waals surface area contributed by atoms with Crippen LogP contribution in [0.4, 0.5) is 18.0 Å². The van der Waals surface area contributed by atoms with Crippen LogP contribution in [0, 0.1) is 5.82 Å². The number of benzene rings is 2. The quantitative estimate of drug-likeness (QED) is 0.520. The van der Waals surface area contributed by atoms with Crippen LogP contribution in [-0.4, -0.2) is 44.0 Å². The summed E-state index contributed by atoms with van der Waals surface area (Å²) in [5.41, 5.74) is -0.563. The molecule has 1 saturated heterocycles. The van der Waals surface area contributed by atoms with Crippen LogP contribution in [0.5, 0.6) is 5.75 Å². The van der Waals surface area contributed by atoms with Crippen molar-refractivity contribution in [2.75, 3.05) is 6.54 Å². The molecule has 12 heteroatoms. The van der Waals surface area contributed by atoms with Gasteiger partial charge in [0.1, 0.15) is 18.2 Å². The molecule has 0 radical (unpaired) electrons. The molecule has 3 aromatic rings. The number of aromatic hydroxyl groups is 1. The zero-order chi connectivity index (χ0) is 26.7. The summed E-state index contributed by atoms with van der Waals surface area (Å²) < 4.78 is 48.0. The van der Waals surface area contributed by atoms with Crippen LogP contribution in [0.2, 0.25) is 0 Å². The van der Waals surface area contributed by atoms with Gasteiger partial charge in [0.15, 0.2) is 5.69 Å². The van der Waals surface area contributed by atoms with Crippen molar-refractivity contribution in [2.24, 2.45) is 7.05 Å². The number of carbonyl (C=O) groups is 2. The summed E-state index contributed by atoms with van der Waals surface area (Å²) in [6.07, 6.45) is -1.91. The smallest absolute Gasteiger partial charge is 0.410 e. The fraction of sp³-hybridized carbons (Fsp3) is 0.280. The Balaban J connectivity index is 1.59. The van der Waals surface area contributed by atoms with Crippen LogP contribution in [-0.2, 0) is 24.9 Å². The van der Waals surface area contributed by atoms with E-state index in [0.29, 0.717) is 11.1 Å². The number of hydrogen-bond acceptors (Lipinski definition) is 6. The Morgan fingerprint density at radius 2 is 1.81 bits per heavy atom. The molecule has 1 unspecified atom stereocenters. The molecule has 194 valence electrons. The van der Waals surface area contributed by atoms with Crippen LogP contribution < -0.4 is 10.9 Å².